The summed E-state index contributed by atoms with van der Waals surface area (Å²) < 4.78 is 0. The maximum atomic E-state index is 10.3. The molecule has 1 nitrogen and oxygen atoms in total. The summed E-state index contributed by atoms with van der Waals surface area (Å²) in [5, 5.41) is 10.3. The van der Waals surface area contributed by atoms with Gasteiger partial charge in [0.1, 0.15) is 0 Å². The minimum absolute atomic E-state index is 0.0148. The van der Waals surface area contributed by atoms with E-state index < -0.39 is 0 Å². The Morgan fingerprint density at radius 2 is 1.63 bits per heavy atom. The van der Waals surface area contributed by atoms with Gasteiger partial charge in [0.05, 0.1) is 6.10 Å². The number of hydrogen-bond acceptors (Lipinski definition) is 1. The lowest BCUT2D eigenvalue weighted by Gasteiger charge is -2.61. The van der Waals surface area contributed by atoms with Gasteiger partial charge in [-0.15, -0.1) is 0 Å². The van der Waals surface area contributed by atoms with Crippen molar-refractivity contribution >= 4 is 0 Å². The largest absolute Gasteiger partial charge is 0.393 e. The van der Waals surface area contributed by atoms with Gasteiger partial charge in [0, 0.05) is 0 Å². The smallest absolute Gasteiger partial charge is 0.0543 e. The van der Waals surface area contributed by atoms with Gasteiger partial charge in [0.2, 0.25) is 0 Å². The Hall–Kier alpha value is -0.300. The van der Waals surface area contributed by atoms with Crippen LogP contribution < -0.4 is 0 Å². The molecule has 4 saturated carbocycles. The molecule has 0 heterocycles. The molecule has 30 heavy (non-hydrogen) atoms. The number of rotatable bonds is 5. The first-order valence-corrected chi connectivity index (χ1v) is 13.5. The number of fused-ring (bicyclic) bond motifs is 5. The van der Waals surface area contributed by atoms with E-state index in [0.717, 1.165) is 48.3 Å². The molecule has 0 amide bonds. The second kappa shape index (κ2) is 8.57. The van der Waals surface area contributed by atoms with Crippen LogP contribution in [0, 0.1) is 46.3 Å². The predicted octanol–water partition coefficient (Wildman–Crippen LogP) is 8.17. The summed E-state index contributed by atoms with van der Waals surface area (Å²) in [6.45, 7) is 14.9. The molecule has 1 unspecified atom stereocenters. The molecule has 1 N–H and O–H groups in total. The van der Waals surface area contributed by atoms with Crippen LogP contribution in [0.1, 0.15) is 119 Å². The Morgan fingerprint density at radius 1 is 0.933 bits per heavy atom. The zero-order valence-electron chi connectivity index (χ0n) is 21.0. The van der Waals surface area contributed by atoms with Crippen LogP contribution in [0.4, 0.5) is 0 Å². The second-order valence-corrected chi connectivity index (χ2v) is 12.8. The van der Waals surface area contributed by atoms with Crippen LogP contribution in [0.5, 0.6) is 0 Å². The summed E-state index contributed by atoms with van der Waals surface area (Å²) in [7, 11) is 0. The highest BCUT2D eigenvalue weighted by atomic mass is 16.3. The van der Waals surface area contributed by atoms with E-state index in [9.17, 15) is 5.11 Å². The first-order valence-electron chi connectivity index (χ1n) is 13.5. The van der Waals surface area contributed by atoms with Crippen molar-refractivity contribution < 1.29 is 5.11 Å². The summed E-state index contributed by atoms with van der Waals surface area (Å²) in [4.78, 5) is 0. The Kier molecular flexibility index (Phi) is 6.53. The number of hydrogen-bond donors (Lipinski definition) is 1. The van der Waals surface area contributed by atoms with Gasteiger partial charge in [-0.1, -0.05) is 38.8 Å². The molecular weight excluding hydrogens is 364 g/mol. The Morgan fingerprint density at radius 3 is 2.33 bits per heavy atom. The SMILES string of the molecule is CCC(CCC(C)[C@H]1CC[C@H]2[C@@H]3CC[C@H]4C[C@@H](O)CC[C@]4(C)[C@H]3CC[C@]12C)=C(C)C. The van der Waals surface area contributed by atoms with E-state index in [2.05, 4.69) is 41.5 Å². The lowest BCUT2D eigenvalue weighted by molar-refractivity contribution is -0.129. The van der Waals surface area contributed by atoms with E-state index in [1.54, 1.807) is 11.1 Å². The molecule has 172 valence electrons. The van der Waals surface area contributed by atoms with Crippen LogP contribution in [0.3, 0.4) is 0 Å². The van der Waals surface area contributed by atoms with E-state index >= 15 is 0 Å². The third kappa shape index (κ3) is 3.74. The molecule has 0 aromatic carbocycles. The van der Waals surface area contributed by atoms with E-state index in [4.69, 9.17) is 0 Å². The van der Waals surface area contributed by atoms with E-state index in [1.165, 1.54) is 64.2 Å². The van der Waals surface area contributed by atoms with E-state index in [-0.39, 0.29) is 6.10 Å². The van der Waals surface area contributed by atoms with Crippen molar-refractivity contribution in [2.45, 2.75) is 125 Å². The van der Waals surface area contributed by atoms with Crippen molar-refractivity contribution in [3.05, 3.63) is 11.1 Å². The summed E-state index contributed by atoms with van der Waals surface area (Å²) in [6.07, 6.45) is 16.1. The summed E-state index contributed by atoms with van der Waals surface area (Å²) >= 11 is 0. The fraction of sp³-hybridized carbons (Fsp3) is 0.931. The fourth-order valence-electron chi connectivity index (χ4n) is 9.59. The molecule has 0 aromatic rings. The maximum absolute atomic E-state index is 10.3. The molecular formula is C29H50O. The van der Waals surface area contributed by atoms with Crippen molar-refractivity contribution in [2.24, 2.45) is 46.3 Å². The topological polar surface area (TPSA) is 20.2 Å². The van der Waals surface area contributed by atoms with Gasteiger partial charge < -0.3 is 5.11 Å². The van der Waals surface area contributed by atoms with Crippen molar-refractivity contribution in [2.75, 3.05) is 0 Å². The highest BCUT2D eigenvalue weighted by molar-refractivity contribution is 5.11. The third-order valence-corrected chi connectivity index (χ3v) is 11.4. The molecule has 0 bridgehead atoms. The zero-order valence-corrected chi connectivity index (χ0v) is 21.0. The van der Waals surface area contributed by atoms with Gasteiger partial charge in [-0.25, -0.2) is 0 Å². The van der Waals surface area contributed by atoms with Gasteiger partial charge in [0.15, 0.2) is 0 Å². The number of allylic oxidation sites excluding steroid dienone is 2. The minimum atomic E-state index is -0.0148. The van der Waals surface area contributed by atoms with Crippen LogP contribution in [0.25, 0.3) is 0 Å². The number of aliphatic hydroxyl groups is 1. The molecule has 0 radical (unpaired) electrons. The van der Waals surface area contributed by atoms with Gasteiger partial charge in [0.25, 0.3) is 0 Å². The zero-order chi connectivity index (χ0) is 21.7. The van der Waals surface area contributed by atoms with Crippen molar-refractivity contribution in [3.63, 3.8) is 0 Å². The van der Waals surface area contributed by atoms with E-state index in [0.29, 0.717) is 10.8 Å². The summed E-state index contributed by atoms with van der Waals surface area (Å²) in [6, 6.07) is 0. The average Bonchev–Trinajstić information content (AvgIpc) is 3.06. The molecule has 0 aromatic heterocycles. The summed E-state index contributed by atoms with van der Waals surface area (Å²) in [5.41, 5.74) is 4.38. The predicted molar refractivity (Wildman–Crippen MR) is 128 cm³/mol. The highest BCUT2D eigenvalue weighted by Crippen LogP contribution is 2.68. The van der Waals surface area contributed by atoms with Crippen LogP contribution in [0.2, 0.25) is 0 Å². The molecule has 0 saturated heterocycles. The first-order chi connectivity index (χ1) is 14.2. The van der Waals surface area contributed by atoms with Crippen LogP contribution in [0.15, 0.2) is 11.1 Å². The monoisotopic (exact) mass is 414 g/mol. The Labute approximate surface area is 187 Å². The molecule has 4 aliphatic carbocycles. The molecule has 4 rings (SSSR count). The molecule has 0 spiro atoms. The molecule has 1 heteroatoms. The van der Waals surface area contributed by atoms with Gasteiger partial charge in [-0.2, -0.15) is 0 Å². The summed E-state index contributed by atoms with van der Waals surface area (Å²) in [5.74, 6) is 5.49. The quantitative estimate of drug-likeness (QED) is 0.450. The standard InChI is InChI=1S/C29H50O/c1-7-21(19(2)3)9-8-20(4)25-12-13-26-24-11-10-22-18-23(30)14-16-28(22,5)27(24)15-17-29(25,26)6/h20,22-27,30H,7-18H2,1-6H3/t20?,22-,23-,24-,25+,26-,27-,28-,29+/m0/s1. The van der Waals surface area contributed by atoms with Crippen LogP contribution in [-0.2, 0) is 0 Å². The van der Waals surface area contributed by atoms with Crippen LogP contribution >= 0.6 is 0 Å². The Bertz CT molecular complexity index is 645. The third-order valence-electron chi connectivity index (χ3n) is 11.4. The minimum Gasteiger partial charge on any atom is -0.393 e. The lowest BCUT2D eigenvalue weighted by Crippen LogP contribution is -2.54. The average molecular weight is 415 g/mol. The van der Waals surface area contributed by atoms with Gasteiger partial charge in [-0.3, -0.25) is 0 Å². The van der Waals surface area contributed by atoms with Crippen molar-refractivity contribution in [1.82, 2.24) is 0 Å². The lowest BCUT2D eigenvalue weighted by atomic mass is 9.44. The van der Waals surface area contributed by atoms with E-state index in [1.807, 2.05) is 0 Å². The molecule has 0 aliphatic heterocycles. The second-order valence-electron chi connectivity index (χ2n) is 12.8. The molecule has 9 atom stereocenters. The van der Waals surface area contributed by atoms with Gasteiger partial charge in [-0.05, 0) is 137 Å². The number of aliphatic hydroxyl groups excluding tert-OH is 1. The highest BCUT2D eigenvalue weighted by Gasteiger charge is 2.60. The molecule has 4 aliphatic rings. The fourth-order valence-corrected chi connectivity index (χ4v) is 9.59. The van der Waals surface area contributed by atoms with Crippen molar-refractivity contribution in [3.8, 4) is 0 Å². The maximum Gasteiger partial charge on any atom is 0.0543 e. The van der Waals surface area contributed by atoms with Gasteiger partial charge >= 0.3 is 0 Å². The molecule has 4 fully saturated rings. The first kappa shape index (κ1) is 22.9. The van der Waals surface area contributed by atoms with Crippen molar-refractivity contribution in [1.29, 1.82) is 0 Å². The van der Waals surface area contributed by atoms with Crippen LogP contribution in [-0.4, -0.2) is 11.2 Å². The Balaban J connectivity index is 1.47. The normalized spacial score (nSPS) is 46.5.